The van der Waals surface area contributed by atoms with E-state index in [-0.39, 0.29) is 11.8 Å². The van der Waals surface area contributed by atoms with Crippen molar-refractivity contribution in [1.29, 1.82) is 0 Å². The Morgan fingerprint density at radius 3 is 2.38 bits per heavy atom. The zero-order chi connectivity index (χ0) is 17.3. The number of hydrogen-bond donors (Lipinski definition) is 4. The van der Waals surface area contributed by atoms with E-state index < -0.39 is 37.1 Å². The molecule has 9 heteroatoms. The van der Waals surface area contributed by atoms with Crippen molar-refractivity contribution >= 4 is 0 Å². The summed E-state index contributed by atoms with van der Waals surface area (Å²) in [6.45, 7) is -0.527. The van der Waals surface area contributed by atoms with E-state index in [0.29, 0.717) is 11.3 Å². The molecule has 1 aromatic carbocycles. The van der Waals surface area contributed by atoms with Crippen LogP contribution in [0, 0.1) is 0 Å². The molecule has 1 aliphatic rings. The largest absolute Gasteiger partial charge is 0.497 e. The quantitative estimate of drug-likeness (QED) is 0.567. The summed E-state index contributed by atoms with van der Waals surface area (Å²) in [6, 6.07) is 6.91. The van der Waals surface area contributed by atoms with Crippen LogP contribution in [0.5, 0.6) is 5.75 Å². The average Bonchev–Trinajstić information content (AvgIpc) is 3.10. The van der Waals surface area contributed by atoms with E-state index in [9.17, 15) is 20.4 Å². The first kappa shape index (κ1) is 16.8. The standard InChI is InChI=1S/C15H18N2O7/c1-22-8-4-2-7(3-5-8)14-16-17-15(24-14)13-12(21)11(20)10(19)9(6-18)23-13/h2-5,9-13,18-21H,6H2,1H3/t9-,10-,11+,12-,13-/m1/s1. The molecule has 0 aliphatic carbocycles. The highest BCUT2D eigenvalue weighted by molar-refractivity contribution is 5.53. The maximum Gasteiger partial charge on any atom is 0.248 e. The van der Waals surface area contributed by atoms with Crippen LogP contribution >= 0.6 is 0 Å². The van der Waals surface area contributed by atoms with Gasteiger partial charge in [0.15, 0.2) is 6.10 Å². The number of aromatic nitrogens is 2. The Bertz CT molecular complexity index is 673. The summed E-state index contributed by atoms with van der Waals surface area (Å²) < 4.78 is 16.0. The predicted octanol–water partition coefficient (Wildman–Crippen LogP) is -0.740. The number of methoxy groups -OCH3 is 1. The van der Waals surface area contributed by atoms with Gasteiger partial charge >= 0.3 is 0 Å². The van der Waals surface area contributed by atoms with Gasteiger partial charge in [-0.3, -0.25) is 0 Å². The van der Waals surface area contributed by atoms with E-state index in [2.05, 4.69) is 10.2 Å². The molecular weight excluding hydrogens is 320 g/mol. The lowest BCUT2D eigenvalue weighted by Gasteiger charge is -2.38. The number of benzene rings is 1. The van der Waals surface area contributed by atoms with Crippen LogP contribution in [0.25, 0.3) is 11.5 Å². The van der Waals surface area contributed by atoms with Crippen LogP contribution in [0.4, 0.5) is 0 Å². The zero-order valence-corrected chi connectivity index (χ0v) is 12.8. The van der Waals surface area contributed by atoms with Gasteiger partial charge in [-0.1, -0.05) is 0 Å². The van der Waals surface area contributed by atoms with Gasteiger partial charge in [-0.25, -0.2) is 0 Å². The molecule has 0 saturated carbocycles. The second-order valence-electron chi connectivity index (χ2n) is 5.42. The van der Waals surface area contributed by atoms with Crippen LogP contribution in [0.15, 0.2) is 28.7 Å². The van der Waals surface area contributed by atoms with Crippen LogP contribution in [-0.2, 0) is 4.74 Å². The van der Waals surface area contributed by atoms with Gasteiger partial charge in [0.05, 0.1) is 13.7 Å². The Labute approximate surface area is 137 Å². The number of aliphatic hydroxyl groups excluding tert-OH is 4. The minimum atomic E-state index is -1.50. The molecule has 0 radical (unpaired) electrons. The fourth-order valence-electron chi connectivity index (χ4n) is 2.51. The van der Waals surface area contributed by atoms with Crippen molar-refractivity contribution in [3.05, 3.63) is 30.2 Å². The van der Waals surface area contributed by atoms with Crippen molar-refractivity contribution in [1.82, 2.24) is 10.2 Å². The second kappa shape index (κ2) is 6.83. The second-order valence-corrected chi connectivity index (χ2v) is 5.42. The summed E-state index contributed by atoms with van der Waals surface area (Å²) in [5, 5.41) is 46.6. The van der Waals surface area contributed by atoms with E-state index >= 15 is 0 Å². The van der Waals surface area contributed by atoms with Gasteiger partial charge in [0.25, 0.3) is 0 Å². The maximum absolute atomic E-state index is 10.1. The van der Waals surface area contributed by atoms with Gasteiger partial charge in [0, 0.05) is 5.56 Å². The van der Waals surface area contributed by atoms with Crippen LogP contribution < -0.4 is 4.74 Å². The third-order valence-corrected chi connectivity index (χ3v) is 3.91. The lowest BCUT2D eigenvalue weighted by molar-refractivity contribution is -0.236. The van der Waals surface area contributed by atoms with E-state index in [4.69, 9.17) is 13.9 Å². The van der Waals surface area contributed by atoms with Gasteiger partial charge in [-0.2, -0.15) is 0 Å². The molecule has 5 atom stereocenters. The molecular formula is C15H18N2O7. The lowest BCUT2D eigenvalue weighted by atomic mass is 9.95. The minimum absolute atomic E-state index is 0.0577. The first-order valence-electron chi connectivity index (χ1n) is 7.33. The highest BCUT2D eigenvalue weighted by Gasteiger charge is 2.46. The molecule has 130 valence electrons. The molecule has 1 fully saturated rings. The molecule has 0 amide bonds. The van der Waals surface area contributed by atoms with E-state index in [1.165, 1.54) is 0 Å². The Balaban J connectivity index is 1.83. The fourth-order valence-corrected chi connectivity index (χ4v) is 2.51. The summed E-state index contributed by atoms with van der Waals surface area (Å²) in [4.78, 5) is 0. The van der Waals surface area contributed by atoms with E-state index in [1.807, 2.05) is 0 Å². The molecule has 2 aromatic rings. The van der Waals surface area contributed by atoms with Crippen LogP contribution in [0.3, 0.4) is 0 Å². The zero-order valence-electron chi connectivity index (χ0n) is 12.8. The summed E-state index contributed by atoms with van der Waals surface area (Å²) in [7, 11) is 1.55. The van der Waals surface area contributed by atoms with Gasteiger partial charge < -0.3 is 34.3 Å². The van der Waals surface area contributed by atoms with Gasteiger partial charge in [-0.05, 0) is 24.3 Å². The fraction of sp³-hybridized carbons (Fsp3) is 0.467. The average molecular weight is 338 g/mol. The molecule has 0 unspecified atom stereocenters. The highest BCUT2D eigenvalue weighted by Crippen LogP contribution is 2.33. The number of nitrogens with zero attached hydrogens (tertiary/aromatic N) is 2. The van der Waals surface area contributed by atoms with Gasteiger partial charge in [0.2, 0.25) is 11.8 Å². The molecule has 9 nitrogen and oxygen atoms in total. The summed E-state index contributed by atoms with van der Waals surface area (Å²) in [6.07, 6.45) is -6.60. The van der Waals surface area contributed by atoms with E-state index in [1.54, 1.807) is 31.4 Å². The summed E-state index contributed by atoms with van der Waals surface area (Å²) >= 11 is 0. The Morgan fingerprint density at radius 2 is 1.75 bits per heavy atom. The number of ether oxygens (including phenoxy) is 2. The first-order valence-corrected chi connectivity index (χ1v) is 7.33. The first-order chi connectivity index (χ1) is 11.5. The Morgan fingerprint density at radius 1 is 1.04 bits per heavy atom. The van der Waals surface area contributed by atoms with Crippen molar-refractivity contribution in [3.8, 4) is 17.2 Å². The predicted molar refractivity (Wildman–Crippen MR) is 79.0 cm³/mol. The Kier molecular flexibility index (Phi) is 4.78. The van der Waals surface area contributed by atoms with Crippen molar-refractivity contribution in [2.45, 2.75) is 30.5 Å². The number of aliphatic hydroxyl groups is 4. The summed E-state index contributed by atoms with van der Waals surface area (Å²) in [5.41, 5.74) is 0.638. The molecule has 2 heterocycles. The summed E-state index contributed by atoms with van der Waals surface area (Å²) in [5.74, 6) is 0.815. The molecule has 1 aliphatic heterocycles. The molecule has 1 aromatic heterocycles. The topological polar surface area (TPSA) is 138 Å². The van der Waals surface area contributed by atoms with Crippen LogP contribution in [0.1, 0.15) is 12.0 Å². The molecule has 24 heavy (non-hydrogen) atoms. The number of hydrogen-bond acceptors (Lipinski definition) is 9. The molecule has 0 bridgehead atoms. The smallest absolute Gasteiger partial charge is 0.248 e. The maximum atomic E-state index is 10.1. The SMILES string of the molecule is COc1ccc(-c2nnc([C@@H]3O[C@H](CO)[C@@H](O)[C@H](O)[C@H]3O)o2)cc1. The minimum Gasteiger partial charge on any atom is -0.497 e. The van der Waals surface area contributed by atoms with Crippen molar-refractivity contribution in [2.24, 2.45) is 0 Å². The van der Waals surface area contributed by atoms with Crippen LogP contribution in [-0.4, -0.2) is 68.8 Å². The molecule has 0 spiro atoms. The van der Waals surface area contributed by atoms with Crippen molar-refractivity contribution < 1.29 is 34.3 Å². The lowest BCUT2D eigenvalue weighted by Crippen LogP contribution is -2.55. The van der Waals surface area contributed by atoms with E-state index in [0.717, 1.165) is 0 Å². The number of rotatable bonds is 4. The Hall–Kier alpha value is -2.04. The van der Waals surface area contributed by atoms with Gasteiger partial charge in [-0.15, -0.1) is 10.2 Å². The third-order valence-electron chi connectivity index (χ3n) is 3.91. The molecule has 3 rings (SSSR count). The molecule has 4 N–H and O–H groups in total. The van der Waals surface area contributed by atoms with Crippen molar-refractivity contribution in [2.75, 3.05) is 13.7 Å². The third kappa shape index (κ3) is 2.99. The highest BCUT2D eigenvalue weighted by atomic mass is 16.6. The molecule has 1 saturated heterocycles. The normalized spacial score (nSPS) is 30.3. The monoisotopic (exact) mass is 338 g/mol. The van der Waals surface area contributed by atoms with Crippen LogP contribution in [0.2, 0.25) is 0 Å². The van der Waals surface area contributed by atoms with Gasteiger partial charge in [0.1, 0.15) is 30.2 Å². The van der Waals surface area contributed by atoms with Crippen molar-refractivity contribution in [3.63, 3.8) is 0 Å².